The average molecular weight is 440 g/mol. The fourth-order valence-electron chi connectivity index (χ4n) is 4.78. The van der Waals surface area contributed by atoms with E-state index in [0.29, 0.717) is 48.9 Å². The molecule has 0 saturated carbocycles. The SMILES string of the molecule is CC(C)CN1C(=O)[C@@H](Cc2ccccc2)NC12CCN(C(=O)c1ccccc1Cl)CC2. The summed E-state index contributed by atoms with van der Waals surface area (Å²) in [6.45, 7) is 6.19. The zero-order chi connectivity index (χ0) is 22.0. The summed E-state index contributed by atoms with van der Waals surface area (Å²) < 4.78 is 0. The molecule has 0 aromatic heterocycles. The van der Waals surface area contributed by atoms with Crippen LogP contribution in [0.1, 0.15) is 42.6 Å². The Balaban J connectivity index is 1.50. The van der Waals surface area contributed by atoms with Crippen molar-refractivity contribution in [3.8, 4) is 0 Å². The molecule has 2 heterocycles. The molecular weight excluding hydrogens is 410 g/mol. The second-order valence-electron chi connectivity index (χ2n) is 9.03. The van der Waals surface area contributed by atoms with Crippen LogP contribution in [0.5, 0.6) is 0 Å². The van der Waals surface area contributed by atoms with Crippen LogP contribution in [0.3, 0.4) is 0 Å². The van der Waals surface area contributed by atoms with Crippen molar-refractivity contribution in [2.45, 2.75) is 44.8 Å². The molecule has 31 heavy (non-hydrogen) atoms. The number of hydrogen-bond acceptors (Lipinski definition) is 3. The summed E-state index contributed by atoms with van der Waals surface area (Å²) >= 11 is 6.24. The predicted molar refractivity (Wildman–Crippen MR) is 123 cm³/mol. The van der Waals surface area contributed by atoms with E-state index < -0.39 is 5.66 Å². The van der Waals surface area contributed by atoms with Gasteiger partial charge in [-0.1, -0.05) is 67.9 Å². The van der Waals surface area contributed by atoms with Crippen molar-refractivity contribution in [2.24, 2.45) is 5.92 Å². The molecular formula is C25H30ClN3O2. The molecule has 1 N–H and O–H groups in total. The Morgan fingerprint density at radius 3 is 2.39 bits per heavy atom. The zero-order valence-corrected chi connectivity index (χ0v) is 18.9. The summed E-state index contributed by atoms with van der Waals surface area (Å²) in [7, 11) is 0. The highest BCUT2D eigenvalue weighted by molar-refractivity contribution is 6.33. The molecule has 0 bridgehead atoms. The van der Waals surface area contributed by atoms with Gasteiger partial charge in [0.2, 0.25) is 5.91 Å². The van der Waals surface area contributed by atoms with E-state index in [1.807, 2.05) is 40.1 Å². The first kappa shape index (κ1) is 21.8. The number of halogens is 1. The van der Waals surface area contributed by atoms with Crippen molar-refractivity contribution in [1.29, 1.82) is 0 Å². The Kier molecular flexibility index (Phi) is 6.35. The highest BCUT2D eigenvalue weighted by Crippen LogP contribution is 2.34. The van der Waals surface area contributed by atoms with E-state index in [2.05, 4.69) is 31.3 Å². The van der Waals surface area contributed by atoms with Crippen LogP contribution in [0, 0.1) is 5.92 Å². The van der Waals surface area contributed by atoms with Gasteiger partial charge in [0.15, 0.2) is 0 Å². The van der Waals surface area contributed by atoms with Crippen LogP contribution in [0.4, 0.5) is 0 Å². The minimum atomic E-state index is -0.391. The molecule has 4 rings (SSSR count). The van der Waals surface area contributed by atoms with Crippen molar-refractivity contribution in [1.82, 2.24) is 15.1 Å². The molecule has 2 aliphatic rings. The topological polar surface area (TPSA) is 52.7 Å². The van der Waals surface area contributed by atoms with Gasteiger partial charge in [-0.2, -0.15) is 0 Å². The number of nitrogens with zero attached hydrogens (tertiary/aromatic N) is 2. The lowest BCUT2D eigenvalue weighted by Crippen LogP contribution is -2.60. The first-order chi connectivity index (χ1) is 14.9. The molecule has 2 aromatic rings. The molecule has 0 radical (unpaired) electrons. The third kappa shape index (κ3) is 4.48. The van der Waals surface area contributed by atoms with E-state index in [-0.39, 0.29) is 17.9 Å². The molecule has 1 spiro atoms. The number of piperidine rings is 1. The summed E-state index contributed by atoms with van der Waals surface area (Å²) in [4.78, 5) is 30.3. The fraction of sp³-hybridized carbons (Fsp3) is 0.440. The molecule has 0 aliphatic carbocycles. The lowest BCUT2D eigenvalue weighted by Gasteiger charge is -2.45. The highest BCUT2D eigenvalue weighted by Gasteiger charge is 2.51. The third-order valence-corrected chi connectivity index (χ3v) is 6.67. The minimum absolute atomic E-state index is 0.0407. The van der Waals surface area contributed by atoms with Crippen LogP contribution >= 0.6 is 11.6 Å². The van der Waals surface area contributed by atoms with E-state index in [1.165, 1.54) is 0 Å². The predicted octanol–water partition coefficient (Wildman–Crippen LogP) is 3.97. The van der Waals surface area contributed by atoms with E-state index in [1.54, 1.807) is 12.1 Å². The van der Waals surface area contributed by atoms with Crippen LogP contribution in [-0.2, 0) is 11.2 Å². The summed E-state index contributed by atoms with van der Waals surface area (Å²) in [5, 5.41) is 4.16. The standard InChI is InChI=1S/C25H30ClN3O2/c1-18(2)17-29-24(31)22(16-19-8-4-3-5-9-19)27-25(29)12-14-28(15-13-25)23(30)20-10-6-7-11-21(20)26/h3-11,18,22,27H,12-17H2,1-2H3/t22-/m1/s1. The number of benzene rings is 2. The van der Waals surface area contributed by atoms with Gasteiger partial charge in [0, 0.05) is 32.5 Å². The van der Waals surface area contributed by atoms with Gasteiger partial charge in [-0.3, -0.25) is 14.9 Å². The van der Waals surface area contributed by atoms with Crippen molar-refractivity contribution in [2.75, 3.05) is 19.6 Å². The molecule has 5 nitrogen and oxygen atoms in total. The summed E-state index contributed by atoms with van der Waals surface area (Å²) in [6, 6.07) is 17.1. The first-order valence-electron chi connectivity index (χ1n) is 11.1. The summed E-state index contributed by atoms with van der Waals surface area (Å²) in [5.74, 6) is 0.505. The number of nitrogens with one attached hydrogen (secondary N) is 1. The molecule has 2 saturated heterocycles. The maximum atomic E-state index is 13.4. The molecule has 2 fully saturated rings. The first-order valence-corrected chi connectivity index (χ1v) is 11.4. The number of rotatable bonds is 5. The Hall–Kier alpha value is -2.37. The minimum Gasteiger partial charge on any atom is -0.338 e. The molecule has 2 aliphatic heterocycles. The number of carbonyl (C=O) groups is 2. The molecule has 164 valence electrons. The van der Waals surface area contributed by atoms with Crippen LogP contribution in [0.25, 0.3) is 0 Å². The van der Waals surface area contributed by atoms with E-state index >= 15 is 0 Å². The maximum absolute atomic E-state index is 13.4. The second-order valence-corrected chi connectivity index (χ2v) is 9.44. The van der Waals surface area contributed by atoms with Gasteiger partial charge < -0.3 is 9.80 Å². The van der Waals surface area contributed by atoms with Crippen LogP contribution < -0.4 is 5.32 Å². The van der Waals surface area contributed by atoms with Crippen molar-refractivity contribution in [3.63, 3.8) is 0 Å². The fourth-order valence-corrected chi connectivity index (χ4v) is 5.00. The van der Waals surface area contributed by atoms with Crippen LogP contribution in [0.2, 0.25) is 5.02 Å². The van der Waals surface area contributed by atoms with Gasteiger partial charge in [0.05, 0.1) is 22.3 Å². The Morgan fingerprint density at radius 2 is 1.74 bits per heavy atom. The molecule has 2 amide bonds. The van der Waals surface area contributed by atoms with E-state index in [4.69, 9.17) is 11.6 Å². The molecule has 0 unspecified atom stereocenters. The van der Waals surface area contributed by atoms with Gasteiger partial charge >= 0.3 is 0 Å². The lowest BCUT2D eigenvalue weighted by molar-refractivity contribution is -0.134. The molecule has 6 heteroatoms. The number of amides is 2. The molecule has 2 aromatic carbocycles. The smallest absolute Gasteiger partial charge is 0.255 e. The third-order valence-electron chi connectivity index (χ3n) is 6.34. The quantitative estimate of drug-likeness (QED) is 0.766. The van der Waals surface area contributed by atoms with Crippen LogP contribution in [-0.4, -0.2) is 53.0 Å². The second kappa shape index (κ2) is 9.01. The Bertz CT molecular complexity index is 939. The van der Waals surface area contributed by atoms with Gasteiger partial charge in [-0.25, -0.2) is 0 Å². The number of likely N-dealkylation sites (tertiary alicyclic amines) is 1. The van der Waals surface area contributed by atoms with Gasteiger partial charge in [-0.15, -0.1) is 0 Å². The maximum Gasteiger partial charge on any atom is 0.255 e. The monoisotopic (exact) mass is 439 g/mol. The van der Waals surface area contributed by atoms with Gasteiger partial charge in [0.1, 0.15) is 0 Å². The summed E-state index contributed by atoms with van der Waals surface area (Å²) in [5.41, 5.74) is 1.30. The Morgan fingerprint density at radius 1 is 1.10 bits per heavy atom. The number of hydrogen-bond donors (Lipinski definition) is 1. The summed E-state index contributed by atoms with van der Waals surface area (Å²) in [6.07, 6.45) is 2.11. The largest absolute Gasteiger partial charge is 0.338 e. The Labute approximate surface area is 189 Å². The van der Waals surface area contributed by atoms with Crippen LogP contribution in [0.15, 0.2) is 54.6 Å². The normalized spacial score (nSPS) is 20.6. The van der Waals surface area contributed by atoms with Crippen molar-refractivity contribution < 1.29 is 9.59 Å². The van der Waals surface area contributed by atoms with Crippen molar-refractivity contribution >= 4 is 23.4 Å². The highest BCUT2D eigenvalue weighted by atomic mass is 35.5. The zero-order valence-electron chi connectivity index (χ0n) is 18.2. The van der Waals surface area contributed by atoms with Crippen molar-refractivity contribution in [3.05, 3.63) is 70.7 Å². The van der Waals surface area contributed by atoms with Gasteiger partial charge in [0.25, 0.3) is 5.91 Å². The lowest BCUT2D eigenvalue weighted by atomic mass is 9.94. The average Bonchev–Trinajstić information content (AvgIpc) is 3.00. The number of carbonyl (C=O) groups excluding carboxylic acids is 2. The van der Waals surface area contributed by atoms with E-state index in [0.717, 1.165) is 12.1 Å². The molecule has 1 atom stereocenters. The van der Waals surface area contributed by atoms with E-state index in [9.17, 15) is 9.59 Å². The van der Waals surface area contributed by atoms with Gasteiger partial charge in [-0.05, 0) is 30.0 Å².